The van der Waals surface area contributed by atoms with Crippen molar-refractivity contribution in [1.29, 1.82) is 0 Å². The van der Waals surface area contributed by atoms with Gasteiger partial charge in [-0.05, 0) is 74.2 Å². The van der Waals surface area contributed by atoms with E-state index in [9.17, 15) is 34.8 Å². The number of rotatable bonds is 8. The molecule has 0 saturated heterocycles. The first kappa shape index (κ1) is 30.7. The van der Waals surface area contributed by atoms with Gasteiger partial charge in [0.05, 0.1) is 18.7 Å². The number of nitrogens with zero attached hydrogens (tertiary/aromatic N) is 1. The first-order chi connectivity index (χ1) is 19.1. The van der Waals surface area contributed by atoms with Crippen LogP contribution in [0.1, 0.15) is 62.3 Å². The molecule has 0 heterocycles. The first-order valence-electron chi connectivity index (χ1n) is 13.8. The zero-order valence-corrected chi connectivity index (χ0v) is 24.5. The molecule has 4 atom stereocenters. The van der Waals surface area contributed by atoms with E-state index in [4.69, 9.17) is 10.6 Å². The van der Waals surface area contributed by atoms with E-state index in [2.05, 4.69) is 26.3 Å². The average molecular weight is 572 g/mol. The fraction of sp³-hybridized carbons (Fsp3) is 0.567. The van der Waals surface area contributed by atoms with Crippen LogP contribution in [0.15, 0.2) is 23.0 Å². The van der Waals surface area contributed by atoms with Gasteiger partial charge in [0.2, 0.25) is 5.78 Å². The minimum absolute atomic E-state index is 0.0387. The lowest BCUT2D eigenvalue weighted by molar-refractivity contribution is -0.153. The van der Waals surface area contributed by atoms with Gasteiger partial charge in [-0.25, -0.2) is 0 Å². The van der Waals surface area contributed by atoms with Crippen molar-refractivity contribution < 1.29 is 39.6 Å². The predicted molar refractivity (Wildman–Crippen MR) is 150 cm³/mol. The lowest BCUT2D eigenvalue weighted by Gasteiger charge is -2.50. The molecule has 224 valence electrons. The van der Waals surface area contributed by atoms with Crippen molar-refractivity contribution in [3.05, 3.63) is 45.2 Å². The maximum absolute atomic E-state index is 14.1. The highest BCUT2D eigenvalue weighted by Crippen LogP contribution is 2.53. The summed E-state index contributed by atoms with van der Waals surface area (Å²) in [4.78, 5) is 46.0. The van der Waals surface area contributed by atoms with Gasteiger partial charge >= 0.3 is 0 Å². The van der Waals surface area contributed by atoms with Crippen molar-refractivity contribution in [3.63, 3.8) is 0 Å². The molecule has 1 aromatic rings. The number of aromatic hydroxyl groups is 1. The van der Waals surface area contributed by atoms with Gasteiger partial charge in [-0.2, -0.15) is 5.48 Å². The molecule has 0 unspecified atom stereocenters. The van der Waals surface area contributed by atoms with Crippen molar-refractivity contribution in [1.82, 2.24) is 10.4 Å². The smallest absolute Gasteiger partial charge is 0.255 e. The highest BCUT2D eigenvalue weighted by molar-refractivity contribution is 6.24. The van der Waals surface area contributed by atoms with Gasteiger partial charge < -0.3 is 31.0 Å². The number of aryl methyl sites for hydroxylation is 1. The van der Waals surface area contributed by atoms with Gasteiger partial charge in [0, 0.05) is 18.0 Å². The number of hydrogen-bond acceptors (Lipinski definition) is 10. The standard InChI is InChI=1S/C30H41N3O8/c1-29(2,3)9-7-8-14-10-16(13-32-41-6)17-11-15-12-18-22(33(4)5)25(36)21(28(31)39)27(38)30(18,40)26(37)19(15)24(35)20(17)23(14)34/h10,15,18,22,32,34-35,38,40H,7-9,11-13H2,1-6H3,(H2,31,39)/t15-,18-,22-,30-/m0/s1. The zero-order chi connectivity index (χ0) is 30.6. The van der Waals surface area contributed by atoms with Gasteiger partial charge in [0.1, 0.15) is 22.8 Å². The van der Waals surface area contributed by atoms with Crippen LogP contribution in [0.4, 0.5) is 0 Å². The highest BCUT2D eigenvalue weighted by atomic mass is 16.6. The molecule has 1 fully saturated rings. The van der Waals surface area contributed by atoms with Crippen LogP contribution in [-0.2, 0) is 38.6 Å². The number of nitrogens with two attached hydrogens (primary N) is 1. The second-order valence-corrected chi connectivity index (χ2v) is 12.8. The minimum Gasteiger partial charge on any atom is -0.508 e. The number of amides is 1. The Morgan fingerprint density at radius 3 is 2.41 bits per heavy atom. The number of phenols is 1. The number of fused-ring (bicyclic) bond motifs is 3. The van der Waals surface area contributed by atoms with Crippen LogP contribution in [0, 0.1) is 17.3 Å². The van der Waals surface area contributed by atoms with E-state index in [-0.39, 0.29) is 41.7 Å². The number of nitrogens with one attached hydrogen (secondary N) is 1. The molecule has 7 N–H and O–H groups in total. The molecule has 3 aliphatic rings. The Bertz CT molecular complexity index is 1360. The van der Waals surface area contributed by atoms with E-state index in [1.807, 2.05) is 6.07 Å². The number of benzene rings is 1. The molecule has 11 heteroatoms. The monoisotopic (exact) mass is 571 g/mol. The van der Waals surface area contributed by atoms with E-state index in [0.29, 0.717) is 17.5 Å². The Morgan fingerprint density at radius 1 is 1.20 bits per heavy atom. The first-order valence-corrected chi connectivity index (χ1v) is 13.8. The van der Waals surface area contributed by atoms with Crippen LogP contribution in [0.25, 0.3) is 5.76 Å². The third-order valence-corrected chi connectivity index (χ3v) is 8.67. The number of aliphatic hydroxyl groups excluding tert-OH is 2. The third-order valence-electron chi connectivity index (χ3n) is 8.67. The topological polar surface area (TPSA) is 183 Å². The normalized spacial score (nSPS) is 26.3. The lowest BCUT2D eigenvalue weighted by atomic mass is 9.57. The Morgan fingerprint density at radius 2 is 1.85 bits per heavy atom. The molecule has 0 bridgehead atoms. The Labute approximate surface area is 239 Å². The largest absolute Gasteiger partial charge is 0.508 e. The fourth-order valence-electron chi connectivity index (χ4n) is 6.76. The maximum atomic E-state index is 14.1. The van der Waals surface area contributed by atoms with Crippen LogP contribution < -0.4 is 11.2 Å². The van der Waals surface area contributed by atoms with Crippen LogP contribution in [0.2, 0.25) is 0 Å². The van der Waals surface area contributed by atoms with E-state index in [1.165, 1.54) is 12.0 Å². The average Bonchev–Trinajstić information content (AvgIpc) is 2.85. The Balaban J connectivity index is 1.90. The number of likely N-dealkylation sites (N-methyl/N-ethyl adjacent to an activating group) is 1. The number of Topliss-reactive ketones (excluding diaryl/α,β-unsaturated/α-hetero) is 2. The molecule has 0 aromatic heterocycles. The van der Waals surface area contributed by atoms with Gasteiger partial charge in [0.25, 0.3) is 5.91 Å². The van der Waals surface area contributed by atoms with Crippen LogP contribution in [0.5, 0.6) is 5.75 Å². The zero-order valence-electron chi connectivity index (χ0n) is 24.5. The molecular formula is C30H41N3O8. The molecule has 11 nitrogen and oxygen atoms in total. The second kappa shape index (κ2) is 10.9. The molecule has 0 aliphatic heterocycles. The summed E-state index contributed by atoms with van der Waals surface area (Å²) in [5, 5.41) is 45.8. The van der Waals surface area contributed by atoms with Crippen molar-refractivity contribution in [3.8, 4) is 5.75 Å². The van der Waals surface area contributed by atoms with Gasteiger partial charge in [-0.3, -0.25) is 19.3 Å². The summed E-state index contributed by atoms with van der Waals surface area (Å²) in [5.41, 5.74) is 6.73. The molecular weight excluding hydrogens is 530 g/mol. The van der Waals surface area contributed by atoms with Gasteiger partial charge in [-0.1, -0.05) is 26.8 Å². The summed E-state index contributed by atoms with van der Waals surface area (Å²) in [6, 6.07) is 0.753. The van der Waals surface area contributed by atoms with E-state index >= 15 is 0 Å². The van der Waals surface area contributed by atoms with E-state index in [0.717, 1.165) is 18.4 Å². The molecule has 1 saturated carbocycles. The second-order valence-electron chi connectivity index (χ2n) is 12.8. The summed E-state index contributed by atoms with van der Waals surface area (Å²) < 4.78 is 0. The van der Waals surface area contributed by atoms with Crippen molar-refractivity contribution in [2.75, 3.05) is 21.2 Å². The SMILES string of the molecule is CONCc1cc(CCCC(C)(C)C)c(O)c2c1C[C@H]1C[C@H]3[C@H](N(C)C)C(=O)C(C(N)=O)=C(O)[C@@]3(O)C(=O)C1=C2O. The van der Waals surface area contributed by atoms with Crippen LogP contribution in [-0.4, -0.2) is 75.6 Å². The quantitative estimate of drug-likeness (QED) is 0.199. The molecule has 0 spiro atoms. The van der Waals surface area contributed by atoms with Crippen LogP contribution >= 0.6 is 0 Å². The van der Waals surface area contributed by atoms with Gasteiger partial charge in [-0.15, -0.1) is 0 Å². The summed E-state index contributed by atoms with van der Waals surface area (Å²) in [6.45, 7) is 6.66. The van der Waals surface area contributed by atoms with E-state index < -0.39 is 58.0 Å². The van der Waals surface area contributed by atoms with Gasteiger partial charge in [0.15, 0.2) is 11.4 Å². The summed E-state index contributed by atoms with van der Waals surface area (Å²) in [5.74, 6) is -6.56. The molecule has 0 radical (unpaired) electrons. The number of aliphatic hydroxyl groups is 3. The number of carbonyl (C=O) groups is 3. The highest BCUT2D eigenvalue weighted by Gasteiger charge is 2.64. The van der Waals surface area contributed by atoms with Crippen molar-refractivity contribution >= 4 is 23.2 Å². The molecule has 41 heavy (non-hydrogen) atoms. The molecule has 1 aromatic carbocycles. The number of ketones is 2. The number of carbonyl (C=O) groups excluding carboxylic acids is 3. The van der Waals surface area contributed by atoms with E-state index in [1.54, 1.807) is 14.1 Å². The van der Waals surface area contributed by atoms with Crippen molar-refractivity contribution in [2.45, 2.75) is 71.1 Å². The Hall–Kier alpha value is -3.25. The molecule has 3 aliphatic carbocycles. The minimum atomic E-state index is -2.66. The summed E-state index contributed by atoms with van der Waals surface area (Å²) in [6.07, 6.45) is 2.47. The van der Waals surface area contributed by atoms with Crippen LogP contribution in [0.3, 0.4) is 0 Å². The number of hydroxylamine groups is 1. The fourth-order valence-corrected chi connectivity index (χ4v) is 6.76. The third kappa shape index (κ3) is 5.05. The number of primary amides is 1. The summed E-state index contributed by atoms with van der Waals surface area (Å²) in [7, 11) is 4.62. The number of hydrogen-bond donors (Lipinski definition) is 6. The van der Waals surface area contributed by atoms with Crippen molar-refractivity contribution in [2.24, 2.45) is 23.0 Å². The predicted octanol–water partition coefficient (Wildman–Crippen LogP) is 1.98. The molecule has 4 rings (SSSR count). The molecule has 1 amide bonds. The maximum Gasteiger partial charge on any atom is 0.255 e. The Kier molecular flexibility index (Phi) is 8.14. The lowest BCUT2D eigenvalue weighted by Crippen LogP contribution is -2.65. The summed E-state index contributed by atoms with van der Waals surface area (Å²) >= 11 is 0. The number of phenolic OH excluding ortho intramolecular Hbond substituents is 1.